The molecule has 4 heteroatoms. The van der Waals surface area contributed by atoms with Crippen LogP contribution in [0.2, 0.25) is 0 Å². The van der Waals surface area contributed by atoms with E-state index in [-0.39, 0.29) is 5.92 Å². The summed E-state index contributed by atoms with van der Waals surface area (Å²) in [6, 6.07) is 0. The number of hydrogen-bond donors (Lipinski definition) is 2. The van der Waals surface area contributed by atoms with Crippen molar-refractivity contribution in [3.05, 3.63) is 23.3 Å². The Hall–Kier alpha value is -1.16. The lowest BCUT2D eigenvalue weighted by Crippen LogP contribution is -2.35. The zero-order valence-electron chi connectivity index (χ0n) is 10.1. The number of allylic oxidation sites excluding steroid dienone is 1. The quantitative estimate of drug-likeness (QED) is 0.755. The molecular formula is C13H17NO2S. The lowest BCUT2D eigenvalue weighted by molar-refractivity contribution is -0.146. The largest absolute Gasteiger partial charge is 0.481 e. The maximum Gasteiger partial charge on any atom is 0.313 e. The lowest BCUT2D eigenvalue weighted by Gasteiger charge is -2.33. The van der Waals surface area contributed by atoms with Gasteiger partial charge in [-0.15, -0.1) is 0 Å². The number of hydrogen-bond acceptors (Lipinski definition) is 2. The first-order valence-electron chi connectivity index (χ1n) is 5.84. The van der Waals surface area contributed by atoms with Crippen LogP contribution < -0.4 is 5.73 Å². The minimum atomic E-state index is -0.841. The van der Waals surface area contributed by atoms with Crippen LogP contribution >= 0.6 is 12.2 Å². The maximum atomic E-state index is 11.4. The van der Waals surface area contributed by atoms with Crippen LogP contribution in [0.25, 0.3) is 0 Å². The lowest BCUT2D eigenvalue weighted by atomic mass is 9.71. The molecule has 2 aliphatic carbocycles. The minimum absolute atomic E-state index is 0.0981. The molecular weight excluding hydrogens is 234 g/mol. The molecule has 92 valence electrons. The summed E-state index contributed by atoms with van der Waals surface area (Å²) in [5, 5.41) is 9.37. The van der Waals surface area contributed by atoms with Gasteiger partial charge in [0.1, 0.15) is 4.99 Å². The average molecular weight is 251 g/mol. The van der Waals surface area contributed by atoms with E-state index in [1.54, 1.807) is 6.92 Å². The zero-order chi connectivity index (χ0) is 12.8. The zero-order valence-corrected chi connectivity index (χ0v) is 10.9. The second kappa shape index (κ2) is 3.95. The van der Waals surface area contributed by atoms with Crippen LogP contribution in [-0.4, -0.2) is 16.1 Å². The average Bonchev–Trinajstić information content (AvgIpc) is 3.04. The smallest absolute Gasteiger partial charge is 0.313 e. The predicted molar refractivity (Wildman–Crippen MR) is 70.6 cm³/mol. The summed E-state index contributed by atoms with van der Waals surface area (Å²) in [5.41, 5.74) is 6.81. The molecule has 1 saturated carbocycles. The summed E-state index contributed by atoms with van der Waals surface area (Å²) in [6.07, 6.45) is 6.00. The van der Waals surface area contributed by atoms with Crippen LogP contribution in [0.1, 0.15) is 26.7 Å². The third-order valence-electron chi connectivity index (χ3n) is 3.87. The third kappa shape index (κ3) is 2.02. The molecule has 0 bridgehead atoms. The summed E-state index contributed by atoms with van der Waals surface area (Å²) < 4.78 is 0. The van der Waals surface area contributed by atoms with Crippen molar-refractivity contribution in [2.45, 2.75) is 26.7 Å². The van der Waals surface area contributed by atoms with Gasteiger partial charge in [-0.2, -0.15) is 0 Å². The minimum Gasteiger partial charge on any atom is -0.481 e. The molecule has 3 nitrogen and oxygen atoms in total. The predicted octanol–water partition coefficient (Wildman–Crippen LogP) is 2.28. The van der Waals surface area contributed by atoms with Crippen molar-refractivity contribution in [1.29, 1.82) is 0 Å². The van der Waals surface area contributed by atoms with E-state index in [4.69, 9.17) is 18.0 Å². The van der Waals surface area contributed by atoms with Gasteiger partial charge in [-0.05, 0) is 37.2 Å². The highest BCUT2D eigenvalue weighted by atomic mass is 32.1. The molecule has 2 unspecified atom stereocenters. The molecule has 2 atom stereocenters. The van der Waals surface area contributed by atoms with Gasteiger partial charge in [0, 0.05) is 5.57 Å². The number of rotatable bonds is 3. The monoisotopic (exact) mass is 251 g/mol. The van der Waals surface area contributed by atoms with Crippen molar-refractivity contribution in [2.75, 3.05) is 0 Å². The van der Waals surface area contributed by atoms with E-state index in [0.29, 0.717) is 10.9 Å². The molecule has 0 aromatic heterocycles. The Morgan fingerprint density at radius 1 is 1.59 bits per heavy atom. The Morgan fingerprint density at radius 2 is 2.18 bits per heavy atom. The third-order valence-corrected chi connectivity index (χ3v) is 4.09. The Morgan fingerprint density at radius 3 is 2.59 bits per heavy atom. The van der Waals surface area contributed by atoms with Crippen LogP contribution in [0.15, 0.2) is 23.3 Å². The number of carboxylic acid groups (broad SMARTS) is 1. The summed E-state index contributed by atoms with van der Waals surface area (Å²) in [5.74, 6) is -0.436. The highest BCUT2D eigenvalue weighted by Gasteiger charge is 2.42. The first-order chi connectivity index (χ1) is 7.86. The van der Waals surface area contributed by atoms with Gasteiger partial charge >= 0.3 is 5.97 Å². The second-order valence-electron chi connectivity index (χ2n) is 5.20. The molecule has 0 saturated heterocycles. The number of thiocarbonyl (C=S) groups is 1. The molecule has 1 fully saturated rings. The molecule has 0 aromatic rings. The van der Waals surface area contributed by atoms with Crippen LogP contribution in [0, 0.1) is 17.3 Å². The molecule has 0 aliphatic heterocycles. The van der Waals surface area contributed by atoms with E-state index in [2.05, 4.69) is 0 Å². The van der Waals surface area contributed by atoms with Crippen LogP contribution in [-0.2, 0) is 4.79 Å². The van der Waals surface area contributed by atoms with Crippen molar-refractivity contribution in [3.8, 4) is 0 Å². The molecule has 0 heterocycles. The number of nitrogens with two attached hydrogens (primary N) is 1. The van der Waals surface area contributed by atoms with Gasteiger partial charge in [0.15, 0.2) is 0 Å². The molecule has 3 N–H and O–H groups in total. The van der Waals surface area contributed by atoms with Gasteiger partial charge in [0.2, 0.25) is 0 Å². The molecule has 2 rings (SSSR count). The summed E-state index contributed by atoms with van der Waals surface area (Å²) in [7, 11) is 0. The summed E-state index contributed by atoms with van der Waals surface area (Å²) in [6.45, 7) is 3.65. The topological polar surface area (TPSA) is 63.3 Å². The molecule has 17 heavy (non-hydrogen) atoms. The first-order valence-corrected chi connectivity index (χ1v) is 6.25. The van der Waals surface area contributed by atoms with Gasteiger partial charge in [-0.1, -0.05) is 31.3 Å². The summed E-state index contributed by atoms with van der Waals surface area (Å²) in [4.78, 5) is 11.8. The fourth-order valence-electron chi connectivity index (χ4n) is 2.26. The number of carbonyl (C=O) groups is 1. The Kier molecular flexibility index (Phi) is 2.86. The molecule has 0 spiro atoms. The van der Waals surface area contributed by atoms with Crippen LogP contribution in [0.5, 0.6) is 0 Å². The van der Waals surface area contributed by atoms with E-state index < -0.39 is 11.4 Å². The first kappa shape index (κ1) is 12.3. The van der Waals surface area contributed by atoms with Gasteiger partial charge in [0.25, 0.3) is 0 Å². The Labute approximate surface area is 106 Å². The standard InChI is InChI=1S/C13H17NO2S/c1-7-5-9(11(14)17)10(8-3-4-8)6-13(7,2)12(15)16/h5-8H,3-4H2,1-2H3,(H2,14,17)(H,15,16). The van der Waals surface area contributed by atoms with E-state index in [0.717, 1.165) is 24.0 Å². The van der Waals surface area contributed by atoms with E-state index in [1.165, 1.54) is 0 Å². The summed E-state index contributed by atoms with van der Waals surface area (Å²) >= 11 is 5.05. The number of aliphatic carboxylic acids is 1. The van der Waals surface area contributed by atoms with Crippen molar-refractivity contribution in [2.24, 2.45) is 23.0 Å². The molecule has 0 radical (unpaired) electrons. The van der Waals surface area contributed by atoms with Crippen LogP contribution in [0.4, 0.5) is 0 Å². The SMILES string of the molecule is CC1C=C(C(N)=S)C(C2CC2)=CC1(C)C(=O)O. The maximum absolute atomic E-state index is 11.4. The van der Waals surface area contributed by atoms with Crippen molar-refractivity contribution in [3.63, 3.8) is 0 Å². The van der Waals surface area contributed by atoms with Gasteiger partial charge < -0.3 is 10.8 Å². The highest BCUT2D eigenvalue weighted by Crippen LogP contribution is 2.47. The fourth-order valence-corrected chi connectivity index (χ4v) is 2.45. The Bertz CT molecular complexity index is 448. The molecule has 2 aliphatic rings. The van der Waals surface area contributed by atoms with E-state index >= 15 is 0 Å². The van der Waals surface area contributed by atoms with Crippen LogP contribution in [0.3, 0.4) is 0 Å². The van der Waals surface area contributed by atoms with Gasteiger partial charge in [-0.3, -0.25) is 4.79 Å². The number of carboxylic acids is 1. The van der Waals surface area contributed by atoms with Gasteiger partial charge in [0.05, 0.1) is 5.41 Å². The van der Waals surface area contributed by atoms with Gasteiger partial charge in [-0.25, -0.2) is 0 Å². The molecule has 0 aromatic carbocycles. The van der Waals surface area contributed by atoms with Crippen molar-refractivity contribution in [1.82, 2.24) is 0 Å². The molecule has 0 amide bonds. The Balaban J connectivity index is 2.45. The highest BCUT2D eigenvalue weighted by molar-refractivity contribution is 7.80. The van der Waals surface area contributed by atoms with Crippen molar-refractivity contribution < 1.29 is 9.90 Å². The van der Waals surface area contributed by atoms with Crippen molar-refractivity contribution >= 4 is 23.2 Å². The van der Waals surface area contributed by atoms with E-state index in [1.807, 2.05) is 19.1 Å². The fraction of sp³-hybridized carbons (Fsp3) is 0.538. The normalized spacial score (nSPS) is 32.7. The van der Waals surface area contributed by atoms with E-state index in [9.17, 15) is 9.90 Å². The second-order valence-corrected chi connectivity index (χ2v) is 5.63.